The van der Waals surface area contributed by atoms with Crippen LogP contribution >= 0.6 is 11.6 Å². The molecule has 2 aromatic carbocycles. The van der Waals surface area contributed by atoms with E-state index in [1.165, 1.54) is 0 Å². The van der Waals surface area contributed by atoms with Gasteiger partial charge in [0.05, 0.1) is 22.8 Å². The minimum absolute atomic E-state index is 0.0576. The molecule has 0 saturated carbocycles. The number of aromatic nitrogens is 2. The highest BCUT2D eigenvalue weighted by atomic mass is 35.5. The van der Waals surface area contributed by atoms with E-state index in [-0.39, 0.29) is 37.0 Å². The van der Waals surface area contributed by atoms with Crippen LogP contribution in [0.2, 0.25) is 5.02 Å². The van der Waals surface area contributed by atoms with E-state index in [0.717, 1.165) is 42.6 Å². The standard InChI is InChI=1S/C31H39ClN6O3/c1-4-6-16-35(17-7-5-2)29(39)20-33-31(41)36-22-24-11-8-9-12-28(24)37(21-23(36)3)30(40)26-14-13-25(19-27(26)32)38-18-10-15-34-38/h8-15,18-19,23H,4-7,16-17,20-22H2,1-3H3,(H,33,41)/t23-/m1/s1. The molecule has 0 saturated heterocycles. The average Bonchev–Trinajstić information content (AvgIpc) is 3.47. The number of hydrogen-bond donors (Lipinski definition) is 1. The molecule has 4 rings (SSSR count). The Kier molecular flexibility index (Phi) is 10.4. The molecule has 2 heterocycles. The number of amides is 4. The zero-order valence-corrected chi connectivity index (χ0v) is 24.8. The third-order valence-corrected chi connectivity index (χ3v) is 7.68. The second kappa shape index (κ2) is 14.2. The number of unbranched alkanes of at least 4 members (excludes halogenated alkanes) is 2. The fourth-order valence-electron chi connectivity index (χ4n) is 4.98. The molecule has 0 aliphatic carbocycles. The number of nitrogens with one attached hydrogen (secondary N) is 1. The number of benzene rings is 2. The zero-order chi connectivity index (χ0) is 29.4. The van der Waals surface area contributed by atoms with Crippen LogP contribution in [-0.2, 0) is 11.3 Å². The molecular formula is C31H39ClN6O3. The first-order valence-electron chi connectivity index (χ1n) is 14.4. The van der Waals surface area contributed by atoms with Gasteiger partial charge in [-0.3, -0.25) is 9.59 Å². The number of urea groups is 1. The largest absolute Gasteiger partial charge is 0.341 e. The lowest BCUT2D eigenvalue weighted by molar-refractivity contribution is -0.130. The van der Waals surface area contributed by atoms with E-state index >= 15 is 0 Å². The molecule has 4 amide bonds. The molecule has 1 N–H and O–H groups in total. The van der Waals surface area contributed by atoms with Gasteiger partial charge in [-0.05, 0) is 55.7 Å². The number of nitrogens with zero attached hydrogens (tertiary/aromatic N) is 5. The lowest BCUT2D eigenvalue weighted by Crippen LogP contribution is -2.50. The Hall–Kier alpha value is -3.85. The van der Waals surface area contributed by atoms with Crippen molar-refractivity contribution in [2.45, 2.75) is 59.0 Å². The monoisotopic (exact) mass is 578 g/mol. The topological polar surface area (TPSA) is 90.8 Å². The summed E-state index contributed by atoms with van der Waals surface area (Å²) in [5.74, 6) is -0.325. The van der Waals surface area contributed by atoms with Gasteiger partial charge in [-0.15, -0.1) is 0 Å². The molecule has 0 unspecified atom stereocenters. The van der Waals surface area contributed by atoms with Gasteiger partial charge in [0.2, 0.25) is 5.91 Å². The SMILES string of the molecule is CCCCN(CCCC)C(=O)CNC(=O)N1Cc2ccccc2N(C(=O)c2ccc(-n3cccn3)cc2Cl)C[C@H]1C. The van der Waals surface area contributed by atoms with Gasteiger partial charge in [0, 0.05) is 50.3 Å². The maximum absolute atomic E-state index is 13.9. The molecule has 1 aliphatic rings. The molecular weight excluding hydrogens is 540 g/mol. The lowest BCUT2D eigenvalue weighted by Gasteiger charge is -2.30. The molecule has 9 nitrogen and oxygen atoms in total. The van der Waals surface area contributed by atoms with Crippen LogP contribution in [0.15, 0.2) is 60.9 Å². The molecule has 1 atom stereocenters. The number of anilines is 1. The Labute approximate surface area is 247 Å². The van der Waals surface area contributed by atoms with E-state index in [2.05, 4.69) is 24.3 Å². The van der Waals surface area contributed by atoms with Crippen LogP contribution < -0.4 is 10.2 Å². The molecule has 0 bridgehead atoms. The van der Waals surface area contributed by atoms with Crippen LogP contribution in [0.25, 0.3) is 5.69 Å². The Morgan fingerprint density at radius 1 is 1.05 bits per heavy atom. The molecule has 1 aromatic heterocycles. The van der Waals surface area contributed by atoms with Crippen molar-refractivity contribution in [3.8, 4) is 5.69 Å². The van der Waals surface area contributed by atoms with Crippen LogP contribution in [0.4, 0.5) is 10.5 Å². The molecule has 0 spiro atoms. The van der Waals surface area contributed by atoms with E-state index in [1.54, 1.807) is 45.1 Å². The number of carbonyl (C=O) groups is 3. The molecule has 0 radical (unpaired) electrons. The predicted molar refractivity (Wildman–Crippen MR) is 161 cm³/mol. The Morgan fingerprint density at radius 3 is 2.44 bits per heavy atom. The van der Waals surface area contributed by atoms with Gasteiger partial charge in [-0.1, -0.05) is 56.5 Å². The van der Waals surface area contributed by atoms with Gasteiger partial charge in [-0.2, -0.15) is 5.10 Å². The average molecular weight is 579 g/mol. The van der Waals surface area contributed by atoms with E-state index in [4.69, 9.17) is 11.6 Å². The summed E-state index contributed by atoms with van der Waals surface area (Å²) in [5, 5.41) is 7.39. The third-order valence-electron chi connectivity index (χ3n) is 7.37. The normalized spacial score (nSPS) is 14.8. The number of halogens is 1. The summed E-state index contributed by atoms with van der Waals surface area (Å²) in [5.41, 5.74) is 2.69. The summed E-state index contributed by atoms with van der Waals surface area (Å²) in [4.78, 5) is 45.4. The van der Waals surface area contributed by atoms with Gasteiger partial charge in [0.1, 0.15) is 0 Å². The molecule has 1 aliphatic heterocycles. The first-order chi connectivity index (χ1) is 19.8. The van der Waals surface area contributed by atoms with Crippen LogP contribution in [0, 0.1) is 0 Å². The minimum Gasteiger partial charge on any atom is -0.341 e. The first-order valence-corrected chi connectivity index (χ1v) is 14.7. The van der Waals surface area contributed by atoms with Crippen LogP contribution in [0.1, 0.15) is 62.4 Å². The van der Waals surface area contributed by atoms with Crippen LogP contribution in [0.5, 0.6) is 0 Å². The molecule has 0 fully saturated rings. The molecule has 3 aromatic rings. The number of fused-ring (bicyclic) bond motifs is 1. The van der Waals surface area contributed by atoms with E-state index in [0.29, 0.717) is 30.2 Å². The van der Waals surface area contributed by atoms with Gasteiger partial charge < -0.3 is 20.0 Å². The van der Waals surface area contributed by atoms with E-state index < -0.39 is 0 Å². The van der Waals surface area contributed by atoms with E-state index in [1.807, 2.05) is 42.2 Å². The van der Waals surface area contributed by atoms with Crippen molar-refractivity contribution in [2.24, 2.45) is 0 Å². The Balaban J connectivity index is 1.50. The summed E-state index contributed by atoms with van der Waals surface area (Å²) in [6.07, 6.45) is 7.35. The quantitative estimate of drug-likeness (QED) is 0.343. The fourth-order valence-corrected chi connectivity index (χ4v) is 5.24. The second-order valence-electron chi connectivity index (χ2n) is 10.4. The summed E-state index contributed by atoms with van der Waals surface area (Å²) in [6.45, 7) is 8.02. The molecule has 41 heavy (non-hydrogen) atoms. The number of para-hydroxylation sites is 1. The summed E-state index contributed by atoms with van der Waals surface area (Å²) in [7, 11) is 0. The Morgan fingerprint density at radius 2 is 1.78 bits per heavy atom. The predicted octanol–water partition coefficient (Wildman–Crippen LogP) is 5.52. The zero-order valence-electron chi connectivity index (χ0n) is 24.1. The lowest BCUT2D eigenvalue weighted by atomic mass is 10.1. The van der Waals surface area contributed by atoms with Gasteiger partial charge >= 0.3 is 6.03 Å². The highest BCUT2D eigenvalue weighted by molar-refractivity contribution is 6.34. The van der Waals surface area contributed by atoms with E-state index in [9.17, 15) is 14.4 Å². The number of rotatable bonds is 10. The summed E-state index contributed by atoms with van der Waals surface area (Å²) < 4.78 is 1.68. The van der Waals surface area contributed by atoms with Crippen molar-refractivity contribution in [1.29, 1.82) is 0 Å². The summed E-state index contributed by atoms with van der Waals surface area (Å²) >= 11 is 6.60. The number of hydrogen-bond acceptors (Lipinski definition) is 4. The first kappa shape index (κ1) is 30.1. The van der Waals surface area contributed by atoms with Gasteiger partial charge in [-0.25, -0.2) is 9.48 Å². The maximum atomic E-state index is 13.9. The molecule has 218 valence electrons. The smallest absolute Gasteiger partial charge is 0.318 e. The third kappa shape index (κ3) is 7.27. The van der Waals surface area contributed by atoms with Gasteiger partial charge in [0.15, 0.2) is 0 Å². The van der Waals surface area contributed by atoms with Crippen molar-refractivity contribution >= 4 is 35.1 Å². The summed E-state index contributed by atoms with van der Waals surface area (Å²) in [6, 6.07) is 14.0. The van der Waals surface area contributed by atoms with Crippen molar-refractivity contribution in [2.75, 3.05) is 31.1 Å². The van der Waals surface area contributed by atoms with Crippen molar-refractivity contribution in [3.63, 3.8) is 0 Å². The Bertz CT molecular complexity index is 1340. The van der Waals surface area contributed by atoms with Crippen molar-refractivity contribution in [3.05, 3.63) is 77.1 Å². The van der Waals surface area contributed by atoms with Crippen molar-refractivity contribution < 1.29 is 14.4 Å². The van der Waals surface area contributed by atoms with Crippen LogP contribution in [0.3, 0.4) is 0 Å². The van der Waals surface area contributed by atoms with Gasteiger partial charge in [0.25, 0.3) is 5.91 Å². The minimum atomic E-state index is -0.331. The highest BCUT2D eigenvalue weighted by Gasteiger charge is 2.32. The van der Waals surface area contributed by atoms with Crippen molar-refractivity contribution in [1.82, 2.24) is 24.9 Å². The number of carbonyl (C=O) groups excluding carboxylic acids is 3. The van der Waals surface area contributed by atoms with Crippen LogP contribution in [-0.4, -0.2) is 69.6 Å². The highest BCUT2D eigenvalue weighted by Crippen LogP contribution is 2.30. The second-order valence-corrected chi connectivity index (χ2v) is 10.8. The maximum Gasteiger partial charge on any atom is 0.318 e. The molecule has 10 heteroatoms. The fraction of sp³-hybridized carbons (Fsp3) is 0.419.